The number of fused-ring (bicyclic) bond motifs is 6. The van der Waals surface area contributed by atoms with Crippen molar-refractivity contribution in [3.8, 4) is 11.3 Å². The van der Waals surface area contributed by atoms with Crippen LogP contribution in [0.4, 0.5) is 24.8 Å². The van der Waals surface area contributed by atoms with E-state index in [0.29, 0.717) is 44.6 Å². The van der Waals surface area contributed by atoms with Crippen molar-refractivity contribution in [1.29, 1.82) is 0 Å². The molecule has 0 saturated heterocycles. The summed E-state index contributed by atoms with van der Waals surface area (Å²) < 4.78 is 89.0. The first-order valence-corrected chi connectivity index (χ1v) is 15.6. The smallest absolute Gasteiger partial charge is 0.357 e. The predicted octanol–water partition coefficient (Wildman–Crippen LogP) is 7.43. The van der Waals surface area contributed by atoms with Gasteiger partial charge in [-0.05, 0) is 62.4 Å². The highest BCUT2D eigenvalue weighted by Gasteiger charge is 2.35. The normalized spacial score (nSPS) is 20.8. The second kappa shape index (κ2) is 14.1. The van der Waals surface area contributed by atoms with Crippen molar-refractivity contribution >= 4 is 27.4 Å². The van der Waals surface area contributed by atoms with Crippen molar-refractivity contribution in [3.63, 3.8) is 0 Å². The van der Waals surface area contributed by atoms with E-state index < -0.39 is 40.3 Å². The molecular formula is C31H37F3N4O3S. The van der Waals surface area contributed by atoms with Gasteiger partial charge in [0, 0.05) is 27.8 Å². The molecule has 3 heterocycles. The molecule has 0 fully saturated rings. The molecule has 0 radical (unpaired) electrons. The molecule has 1 aliphatic rings. The summed E-state index contributed by atoms with van der Waals surface area (Å²) in [5.41, 5.74) is -1.36. The third-order valence-electron chi connectivity index (χ3n) is 7.02. The number of nitrogens with one attached hydrogen (secondary N) is 1. The number of benzene rings is 1. The van der Waals surface area contributed by atoms with Crippen LogP contribution in [-0.2, 0) is 27.4 Å². The Morgan fingerprint density at radius 2 is 1.71 bits per heavy atom. The number of carbonyl (C=O) groups is 1. The van der Waals surface area contributed by atoms with E-state index in [9.17, 15) is 26.4 Å². The van der Waals surface area contributed by atoms with Crippen LogP contribution in [0.3, 0.4) is 0 Å². The standard InChI is InChI=1S/C31H37F3N4O3S/c1-23(39)13-12-22-38-21-10-6-4-2-3-5-7-14-24-15-8-9-16-25(24)30-26(31(32,33)34)19-20-27(35-30)37-42(40,41)29-18-11-17-28(38)36-29/h8-9,11,15-20H,2-7,10,12-14,21-22H2,1H3,(H,35,37)/i7D,14D. The van der Waals surface area contributed by atoms with Gasteiger partial charge in [-0.1, -0.05) is 62.4 Å². The molecule has 0 amide bonds. The third-order valence-corrected chi connectivity index (χ3v) is 8.27. The van der Waals surface area contributed by atoms with Crippen LogP contribution in [-0.4, -0.2) is 37.3 Å². The monoisotopic (exact) mass is 604 g/mol. The summed E-state index contributed by atoms with van der Waals surface area (Å²) in [6, 6.07) is 12.3. The SMILES string of the molecule is [2H]C1CCCCCCCN(CCCC(C)=O)c2cccc(n2)S(=O)(=O)Nc2ccc(C(F)(F)F)c(n2)-c2ccccc2C1[2H]. The van der Waals surface area contributed by atoms with Gasteiger partial charge in [0.25, 0.3) is 10.0 Å². The molecule has 1 aromatic carbocycles. The van der Waals surface area contributed by atoms with Gasteiger partial charge in [-0.3, -0.25) is 4.72 Å². The van der Waals surface area contributed by atoms with Crippen molar-refractivity contribution in [3.05, 3.63) is 65.7 Å². The Kier molecular flexibility index (Phi) is 9.64. The van der Waals surface area contributed by atoms with E-state index >= 15 is 0 Å². The fourth-order valence-corrected chi connectivity index (χ4v) is 5.86. The minimum Gasteiger partial charge on any atom is -0.357 e. The molecule has 1 N–H and O–H groups in total. The highest BCUT2D eigenvalue weighted by Crippen LogP contribution is 2.38. The number of carbonyl (C=O) groups excluding carboxylic acids is 1. The van der Waals surface area contributed by atoms with Gasteiger partial charge in [-0.25, -0.2) is 9.97 Å². The van der Waals surface area contributed by atoms with E-state index in [-0.39, 0.29) is 27.8 Å². The van der Waals surface area contributed by atoms with Crippen LogP contribution in [0.15, 0.2) is 59.6 Å². The molecule has 11 heteroatoms. The minimum atomic E-state index is -4.81. The number of ketones is 1. The number of Topliss-reactive ketones (excluding diaryl/α,β-unsaturated/α-hetero) is 1. The molecule has 0 saturated carbocycles. The number of aryl methyl sites for hydroxylation is 1. The van der Waals surface area contributed by atoms with Crippen LogP contribution in [0.5, 0.6) is 0 Å². The third kappa shape index (κ3) is 8.53. The fraction of sp³-hybridized carbons (Fsp3) is 0.452. The minimum absolute atomic E-state index is 0.0221. The van der Waals surface area contributed by atoms with E-state index in [4.69, 9.17) is 2.74 Å². The number of sulfonamides is 1. The van der Waals surface area contributed by atoms with E-state index in [2.05, 4.69) is 14.7 Å². The molecule has 7 nitrogen and oxygen atoms in total. The molecule has 226 valence electrons. The lowest BCUT2D eigenvalue weighted by atomic mass is 9.96. The molecule has 4 rings (SSSR count). The molecule has 0 aliphatic carbocycles. The Morgan fingerprint density at radius 1 is 0.976 bits per heavy atom. The van der Waals surface area contributed by atoms with Crippen LogP contribution in [0, 0.1) is 0 Å². The summed E-state index contributed by atoms with van der Waals surface area (Å²) in [5.74, 6) is 0.131. The number of hydrogen-bond donors (Lipinski definition) is 1. The summed E-state index contributed by atoms with van der Waals surface area (Å²) in [6.07, 6.45) is -1.29. The van der Waals surface area contributed by atoms with Gasteiger partial charge in [0.1, 0.15) is 17.4 Å². The molecule has 0 spiro atoms. The van der Waals surface area contributed by atoms with Gasteiger partial charge >= 0.3 is 6.18 Å². The summed E-state index contributed by atoms with van der Waals surface area (Å²) in [7, 11) is -4.36. The largest absolute Gasteiger partial charge is 0.418 e. The van der Waals surface area contributed by atoms with Gasteiger partial charge in [0.15, 0.2) is 5.03 Å². The molecule has 4 bridgehead atoms. The van der Waals surface area contributed by atoms with Gasteiger partial charge in [-0.15, -0.1) is 0 Å². The van der Waals surface area contributed by atoms with Crippen LogP contribution < -0.4 is 9.62 Å². The quantitative estimate of drug-likeness (QED) is 0.333. The van der Waals surface area contributed by atoms with Gasteiger partial charge in [0.2, 0.25) is 0 Å². The molecule has 42 heavy (non-hydrogen) atoms. The molecule has 2 unspecified atom stereocenters. The number of anilines is 2. The lowest BCUT2D eigenvalue weighted by Crippen LogP contribution is -2.28. The number of rotatable bonds is 4. The van der Waals surface area contributed by atoms with Gasteiger partial charge < -0.3 is 9.69 Å². The Balaban J connectivity index is 1.78. The van der Waals surface area contributed by atoms with E-state index in [1.807, 2.05) is 4.90 Å². The van der Waals surface area contributed by atoms with Crippen molar-refractivity contribution in [1.82, 2.24) is 9.97 Å². The summed E-state index contributed by atoms with van der Waals surface area (Å²) in [6.45, 7) is 2.61. The summed E-state index contributed by atoms with van der Waals surface area (Å²) >= 11 is 0. The number of alkyl halides is 3. The maximum absolute atomic E-state index is 14.2. The van der Waals surface area contributed by atoms with Crippen molar-refractivity contribution in [2.75, 3.05) is 22.7 Å². The van der Waals surface area contributed by atoms with E-state index in [1.54, 1.807) is 18.2 Å². The maximum Gasteiger partial charge on any atom is 0.418 e. The Hall–Kier alpha value is -3.47. The van der Waals surface area contributed by atoms with Crippen LogP contribution >= 0.6 is 0 Å². The summed E-state index contributed by atoms with van der Waals surface area (Å²) in [5, 5.41) is -0.326. The molecule has 3 aromatic rings. The number of hydrogen-bond acceptors (Lipinski definition) is 6. The second-order valence-corrected chi connectivity index (χ2v) is 12.0. The first-order valence-electron chi connectivity index (χ1n) is 15.3. The first kappa shape index (κ1) is 28.6. The number of aromatic nitrogens is 2. The second-order valence-electron chi connectivity index (χ2n) is 10.4. The fourth-order valence-electron chi connectivity index (χ4n) is 4.89. The number of pyridine rings is 2. The van der Waals surface area contributed by atoms with Crippen LogP contribution in [0.2, 0.25) is 0 Å². The summed E-state index contributed by atoms with van der Waals surface area (Å²) in [4.78, 5) is 22.0. The average molecular weight is 605 g/mol. The topological polar surface area (TPSA) is 92.3 Å². The Morgan fingerprint density at radius 3 is 2.48 bits per heavy atom. The highest BCUT2D eigenvalue weighted by atomic mass is 32.2. The first-order chi connectivity index (χ1) is 20.9. The molecule has 2 aromatic heterocycles. The lowest BCUT2D eigenvalue weighted by molar-refractivity contribution is -0.137. The zero-order valence-corrected chi connectivity index (χ0v) is 24.3. The Bertz CT molecular complexity index is 1560. The zero-order chi connectivity index (χ0) is 31.9. The van der Waals surface area contributed by atoms with Gasteiger partial charge in [0.05, 0.1) is 11.3 Å². The maximum atomic E-state index is 14.2. The average Bonchev–Trinajstić information content (AvgIpc) is 2.98. The van der Waals surface area contributed by atoms with Gasteiger partial charge in [-0.2, -0.15) is 21.6 Å². The van der Waals surface area contributed by atoms with Crippen molar-refractivity contribution in [2.45, 2.75) is 82.3 Å². The number of nitrogens with zero attached hydrogens (tertiary/aromatic N) is 3. The highest BCUT2D eigenvalue weighted by molar-refractivity contribution is 7.92. The molecule has 2 atom stereocenters. The van der Waals surface area contributed by atoms with E-state index in [0.717, 1.165) is 37.8 Å². The zero-order valence-electron chi connectivity index (χ0n) is 25.5. The van der Waals surface area contributed by atoms with Crippen LogP contribution in [0.25, 0.3) is 11.3 Å². The Labute approximate surface area is 248 Å². The molecular weight excluding hydrogens is 565 g/mol. The number of halogens is 3. The predicted molar refractivity (Wildman–Crippen MR) is 158 cm³/mol. The van der Waals surface area contributed by atoms with E-state index in [1.165, 1.54) is 31.2 Å². The van der Waals surface area contributed by atoms with Crippen molar-refractivity contribution < 1.29 is 29.1 Å². The molecule has 1 aliphatic heterocycles. The van der Waals surface area contributed by atoms with Crippen molar-refractivity contribution in [2.24, 2.45) is 0 Å². The van der Waals surface area contributed by atoms with Crippen LogP contribution in [0.1, 0.15) is 78.6 Å². The lowest BCUT2D eigenvalue weighted by Gasteiger charge is -2.24.